The smallest absolute Gasteiger partial charge is 0.292 e. The molecule has 0 saturated carbocycles. The highest BCUT2D eigenvalue weighted by atomic mass is 32.2. The molecule has 6 heteroatoms. The molecule has 36 heavy (non-hydrogen) atoms. The van der Waals surface area contributed by atoms with Crippen molar-refractivity contribution in [3.8, 4) is 0 Å². The van der Waals surface area contributed by atoms with Gasteiger partial charge in [0.2, 0.25) is 0 Å². The zero-order valence-corrected chi connectivity index (χ0v) is 26.1. The highest BCUT2D eigenvalue weighted by Crippen LogP contribution is 2.18. The number of nitrogens with zero attached hydrogens (tertiary/aromatic N) is 1. The summed E-state index contributed by atoms with van der Waals surface area (Å²) in [5.41, 5.74) is 0. The second kappa shape index (κ2) is 27.7. The summed E-state index contributed by atoms with van der Waals surface area (Å²) in [6.45, 7) is 9.69. The molecule has 0 aromatic heterocycles. The third kappa shape index (κ3) is 24.0. The van der Waals surface area contributed by atoms with Crippen LogP contribution in [-0.4, -0.2) is 34.2 Å². The quantitative estimate of drug-likeness (QED) is 0.0669. The fraction of sp³-hybridized carbons (Fsp3) is 0.933. The van der Waals surface area contributed by atoms with Crippen LogP contribution in [0, 0.1) is 5.92 Å². The summed E-state index contributed by atoms with van der Waals surface area (Å²) in [4.78, 5) is 25.4. The Morgan fingerprint density at radius 2 is 1.11 bits per heavy atom. The fourth-order valence-electron chi connectivity index (χ4n) is 4.20. The lowest BCUT2D eigenvalue weighted by Crippen LogP contribution is -2.38. The maximum atomic E-state index is 12.9. The zero-order valence-electron chi connectivity index (χ0n) is 24.4. The van der Waals surface area contributed by atoms with Crippen molar-refractivity contribution in [2.75, 3.05) is 18.1 Å². The summed E-state index contributed by atoms with van der Waals surface area (Å²) in [6, 6.07) is 0. The highest BCUT2D eigenvalue weighted by Gasteiger charge is 2.22. The predicted octanol–water partition coefficient (Wildman–Crippen LogP) is 9.73. The van der Waals surface area contributed by atoms with Gasteiger partial charge in [-0.05, 0) is 37.1 Å². The molecule has 0 rings (SSSR count). The molecule has 0 heterocycles. The van der Waals surface area contributed by atoms with Crippen LogP contribution in [-0.2, 0) is 9.59 Å². The fourth-order valence-corrected chi connectivity index (χ4v) is 5.88. The van der Waals surface area contributed by atoms with E-state index in [1.807, 2.05) is 0 Å². The number of amides is 2. The van der Waals surface area contributed by atoms with Crippen LogP contribution in [0.25, 0.3) is 0 Å². The van der Waals surface area contributed by atoms with Crippen LogP contribution in [0.5, 0.6) is 0 Å². The van der Waals surface area contributed by atoms with Crippen LogP contribution >= 0.6 is 23.9 Å². The van der Waals surface area contributed by atoms with Crippen molar-refractivity contribution in [2.24, 2.45) is 5.92 Å². The summed E-state index contributed by atoms with van der Waals surface area (Å²) in [6.07, 6.45) is 25.0. The van der Waals surface area contributed by atoms with E-state index in [1.165, 1.54) is 115 Å². The first-order valence-electron chi connectivity index (χ1n) is 15.4. The van der Waals surface area contributed by atoms with E-state index in [4.69, 9.17) is 0 Å². The van der Waals surface area contributed by atoms with E-state index >= 15 is 0 Å². The molecule has 0 unspecified atom stereocenters. The van der Waals surface area contributed by atoms with Gasteiger partial charge in [-0.1, -0.05) is 149 Å². The molecule has 0 spiro atoms. The Bertz CT molecular complexity index is 503. The lowest BCUT2D eigenvalue weighted by atomic mass is 10.1. The second-order valence-electron chi connectivity index (χ2n) is 10.7. The van der Waals surface area contributed by atoms with Crippen LogP contribution < -0.4 is 4.72 Å². The Labute approximate surface area is 233 Å². The number of hydrogen-bond donors (Lipinski definition) is 1. The Balaban J connectivity index is 4.18. The van der Waals surface area contributed by atoms with Gasteiger partial charge in [0.25, 0.3) is 0 Å². The van der Waals surface area contributed by atoms with Crippen LogP contribution in [0.1, 0.15) is 156 Å². The summed E-state index contributed by atoms with van der Waals surface area (Å²) in [5.74, 6) is 1.71. The topological polar surface area (TPSA) is 49.4 Å². The SMILES string of the molecule is CCCCCCCCCCSNC(=O)C(=O)N(CCCCCC(C)C)SCCCCCCCCCC. The van der Waals surface area contributed by atoms with Crippen LogP contribution in [0.15, 0.2) is 0 Å². The van der Waals surface area contributed by atoms with Crippen molar-refractivity contribution in [3.05, 3.63) is 0 Å². The third-order valence-electron chi connectivity index (χ3n) is 6.57. The lowest BCUT2D eigenvalue weighted by Gasteiger charge is -2.21. The van der Waals surface area contributed by atoms with Gasteiger partial charge in [-0.25, -0.2) is 0 Å². The normalized spacial score (nSPS) is 11.2. The minimum atomic E-state index is -0.454. The molecule has 0 aromatic rings. The number of carbonyl (C=O) groups is 2. The first-order valence-corrected chi connectivity index (χ1v) is 17.3. The van der Waals surface area contributed by atoms with Crippen molar-refractivity contribution in [1.29, 1.82) is 0 Å². The molecule has 2 amide bonds. The molecule has 0 atom stereocenters. The van der Waals surface area contributed by atoms with E-state index in [0.717, 1.165) is 43.1 Å². The minimum Gasteiger partial charge on any atom is -0.292 e. The Kier molecular flexibility index (Phi) is 27.4. The largest absolute Gasteiger partial charge is 0.322 e. The van der Waals surface area contributed by atoms with Crippen LogP contribution in [0.4, 0.5) is 0 Å². The minimum absolute atomic E-state index is 0.369. The van der Waals surface area contributed by atoms with Gasteiger partial charge in [0.15, 0.2) is 0 Å². The summed E-state index contributed by atoms with van der Waals surface area (Å²) in [7, 11) is 0. The maximum Gasteiger partial charge on any atom is 0.322 e. The molecule has 0 aliphatic heterocycles. The van der Waals surface area contributed by atoms with Crippen LogP contribution in [0.3, 0.4) is 0 Å². The lowest BCUT2D eigenvalue weighted by molar-refractivity contribution is -0.141. The molecule has 0 aliphatic rings. The molecule has 0 aromatic carbocycles. The molecule has 0 aliphatic carbocycles. The van der Waals surface area contributed by atoms with E-state index in [2.05, 4.69) is 32.4 Å². The molecule has 0 saturated heterocycles. The Hall–Kier alpha value is -0.360. The zero-order chi connectivity index (χ0) is 26.7. The number of hydrogen-bond acceptors (Lipinski definition) is 4. The van der Waals surface area contributed by atoms with E-state index in [9.17, 15) is 9.59 Å². The van der Waals surface area contributed by atoms with E-state index < -0.39 is 5.91 Å². The van der Waals surface area contributed by atoms with Gasteiger partial charge in [0, 0.05) is 18.1 Å². The number of carbonyl (C=O) groups excluding carboxylic acids is 2. The van der Waals surface area contributed by atoms with Crippen LogP contribution in [0.2, 0.25) is 0 Å². The summed E-state index contributed by atoms with van der Waals surface area (Å²) in [5, 5.41) is 0. The molecular formula is C30H60N2O2S2. The average molecular weight is 545 g/mol. The third-order valence-corrected chi connectivity index (χ3v) is 8.53. The first kappa shape index (κ1) is 35.6. The van der Waals surface area contributed by atoms with E-state index in [0.29, 0.717) is 6.54 Å². The predicted molar refractivity (Wildman–Crippen MR) is 163 cm³/mol. The monoisotopic (exact) mass is 544 g/mol. The Morgan fingerprint density at radius 3 is 1.64 bits per heavy atom. The van der Waals surface area contributed by atoms with Gasteiger partial charge in [-0.15, -0.1) is 0 Å². The number of nitrogens with one attached hydrogen (secondary N) is 1. The van der Waals surface area contributed by atoms with Gasteiger partial charge in [0.05, 0.1) is 0 Å². The summed E-state index contributed by atoms with van der Waals surface area (Å²) < 4.78 is 4.55. The molecule has 0 radical (unpaired) electrons. The molecule has 0 fully saturated rings. The molecular weight excluding hydrogens is 484 g/mol. The first-order chi connectivity index (χ1) is 17.5. The van der Waals surface area contributed by atoms with Crippen molar-refractivity contribution < 1.29 is 9.59 Å². The van der Waals surface area contributed by atoms with Gasteiger partial charge < -0.3 is 0 Å². The van der Waals surface area contributed by atoms with E-state index in [1.54, 1.807) is 16.3 Å². The number of unbranched alkanes of at least 4 members (excludes halogenated alkanes) is 16. The number of rotatable bonds is 26. The van der Waals surface area contributed by atoms with Gasteiger partial charge in [-0.3, -0.25) is 18.6 Å². The van der Waals surface area contributed by atoms with Crippen molar-refractivity contribution in [2.45, 2.75) is 156 Å². The highest BCUT2D eigenvalue weighted by molar-refractivity contribution is 7.98. The van der Waals surface area contributed by atoms with Crippen molar-refractivity contribution in [1.82, 2.24) is 9.03 Å². The molecule has 4 nitrogen and oxygen atoms in total. The second-order valence-corrected chi connectivity index (χ2v) is 12.7. The average Bonchev–Trinajstić information content (AvgIpc) is 2.86. The van der Waals surface area contributed by atoms with Crippen molar-refractivity contribution >= 4 is 35.7 Å². The maximum absolute atomic E-state index is 12.9. The Morgan fingerprint density at radius 1 is 0.639 bits per heavy atom. The van der Waals surface area contributed by atoms with Crippen molar-refractivity contribution in [3.63, 3.8) is 0 Å². The molecule has 0 bridgehead atoms. The van der Waals surface area contributed by atoms with Gasteiger partial charge in [0.1, 0.15) is 0 Å². The van der Waals surface area contributed by atoms with Gasteiger partial charge >= 0.3 is 11.8 Å². The summed E-state index contributed by atoms with van der Waals surface area (Å²) >= 11 is 2.97. The molecule has 1 N–H and O–H groups in total. The molecule has 214 valence electrons. The van der Waals surface area contributed by atoms with Gasteiger partial charge in [-0.2, -0.15) is 0 Å². The standard InChI is InChI=1S/C30H60N2O2S2/c1-5-7-9-11-13-15-17-22-26-35-31-29(33)30(34)32(25-21-19-20-24-28(3)4)36-27-23-18-16-14-12-10-8-6-2/h28H,5-27H2,1-4H3,(H,31,33). The van der Waals surface area contributed by atoms with E-state index in [-0.39, 0.29) is 5.91 Å².